The molecule has 0 bridgehead atoms. The van der Waals surface area contributed by atoms with Gasteiger partial charge in [0, 0.05) is 16.7 Å². The number of ether oxygens (including phenoxy) is 1. The number of para-hydroxylation sites is 1. The van der Waals surface area contributed by atoms with Gasteiger partial charge >= 0.3 is 5.97 Å². The lowest BCUT2D eigenvalue weighted by molar-refractivity contribution is 0.0698. The quantitative estimate of drug-likeness (QED) is 0.741. The Morgan fingerprint density at radius 2 is 1.95 bits per heavy atom. The van der Waals surface area contributed by atoms with E-state index in [1.807, 2.05) is 36.4 Å². The molecule has 0 fully saturated rings. The van der Waals surface area contributed by atoms with Crippen molar-refractivity contribution in [2.24, 2.45) is 0 Å². The number of carboxylic acid groups (broad SMARTS) is 1. The second-order valence-electron chi connectivity index (χ2n) is 4.44. The van der Waals surface area contributed by atoms with E-state index in [9.17, 15) is 4.79 Å². The van der Waals surface area contributed by atoms with Crippen molar-refractivity contribution in [1.29, 1.82) is 0 Å². The normalized spacial score (nSPS) is 10.1. The second kappa shape index (κ2) is 7.69. The SMILES string of the molecule is O=C(O)c1cc(Br)ccc1NCCCOc1ccccc1. The van der Waals surface area contributed by atoms with Gasteiger partial charge in [0.15, 0.2) is 0 Å². The maximum Gasteiger partial charge on any atom is 0.337 e. The molecule has 0 saturated heterocycles. The monoisotopic (exact) mass is 349 g/mol. The van der Waals surface area contributed by atoms with E-state index in [1.54, 1.807) is 12.1 Å². The number of carbonyl (C=O) groups is 1. The Labute approximate surface area is 131 Å². The molecule has 0 spiro atoms. The van der Waals surface area contributed by atoms with Crippen LogP contribution in [0.1, 0.15) is 16.8 Å². The molecule has 2 aromatic carbocycles. The molecule has 0 aliphatic rings. The largest absolute Gasteiger partial charge is 0.494 e. The predicted octanol–water partition coefficient (Wildman–Crippen LogP) is 4.03. The number of rotatable bonds is 7. The first kappa shape index (κ1) is 15.4. The van der Waals surface area contributed by atoms with E-state index in [-0.39, 0.29) is 5.56 Å². The van der Waals surface area contributed by atoms with Gasteiger partial charge in [-0.1, -0.05) is 34.1 Å². The van der Waals surface area contributed by atoms with Gasteiger partial charge in [0.1, 0.15) is 5.75 Å². The van der Waals surface area contributed by atoms with E-state index in [1.165, 1.54) is 0 Å². The van der Waals surface area contributed by atoms with E-state index in [2.05, 4.69) is 21.2 Å². The second-order valence-corrected chi connectivity index (χ2v) is 5.35. The van der Waals surface area contributed by atoms with E-state index < -0.39 is 5.97 Å². The van der Waals surface area contributed by atoms with Gasteiger partial charge in [0.05, 0.1) is 12.2 Å². The molecule has 2 rings (SSSR count). The number of aromatic carboxylic acids is 1. The van der Waals surface area contributed by atoms with Crippen molar-refractivity contribution in [3.63, 3.8) is 0 Å². The van der Waals surface area contributed by atoms with Crippen LogP contribution in [0.25, 0.3) is 0 Å². The number of anilines is 1. The topological polar surface area (TPSA) is 58.6 Å². The first-order valence-electron chi connectivity index (χ1n) is 6.61. The highest BCUT2D eigenvalue weighted by Gasteiger charge is 2.09. The van der Waals surface area contributed by atoms with Gasteiger partial charge in [-0.2, -0.15) is 0 Å². The molecule has 2 N–H and O–H groups in total. The van der Waals surface area contributed by atoms with Crippen molar-refractivity contribution in [2.45, 2.75) is 6.42 Å². The number of nitrogens with one attached hydrogen (secondary N) is 1. The van der Waals surface area contributed by atoms with Crippen LogP contribution in [0.15, 0.2) is 53.0 Å². The molecule has 110 valence electrons. The van der Waals surface area contributed by atoms with Crippen LogP contribution < -0.4 is 10.1 Å². The Hall–Kier alpha value is -2.01. The average Bonchev–Trinajstić information content (AvgIpc) is 2.49. The van der Waals surface area contributed by atoms with Crippen LogP contribution in [0.4, 0.5) is 5.69 Å². The van der Waals surface area contributed by atoms with Crippen molar-refractivity contribution < 1.29 is 14.6 Å². The summed E-state index contributed by atoms with van der Waals surface area (Å²) in [5.41, 5.74) is 0.874. The first-order valence-corrected chi connectivity index (χ1v) is 7.40. The predicted molar refractivity (Wildman–Crippen MR) is 86.1 cm³/mol. The zero-order chi connectivity index (χ0) is 15.1. The number of halogens is 1. The first-order chi connectivity index (χ1) is 10.2. The Morgan fingerprint density at radius 1 is 1.19 bits per heavy atom. The number of hydrogen-bond acceptors (Lipinski definition) is 3. The molecule has 0 saturated carbocycles. The molecular formula is C16H16BrNO3. The number of carboxylic acids is 1. The number of benzene rings is 2. The van der Waals surface area contributed by atoms with Crippen molar-refractivity contribution in [3.8, 4) is 5.75 Å². The van der Waals surface area contributed by atoms with Gasteiger partial charge in [0.25, 0.3) is 0 Å². The fourth-order valence-electron chi connectivity index (χ4n) is 1.85. The molecule has 2 aromatic rings. The molecule has 0 aromatic heterocycles. The van der Waals surface area contributed by atoms with Gasteiger partial charge in [-0.3, -0.25) is 0 Å². The van der Waals surface area contributed by atoms with Crippen LogP contribution in [0, 0.1) is 0 Å². The molecule has 0 atom stereocenters. The van der Waals surface area contributed by atoms with Crippen LogP contribution >= 0.6 is 15.9 Å². The minimum absolute atomic E-state index is 0.258. The molecule has 0 heterocycles. The lowest BCUT2D eigenvalue weighted by atomic mass is 10.2. The van der Waals surface area contributed by atoms with Crippen LogP contribution in [0.2, 0.25) is 0 Å². The zero-order valence-corrected chi connectivity index (χ0v) is 13.0. The molecule has 5 heteroatoms. The lowest BCUT2D eigenvalue weighted by Gasteiger charge is -2.10. The van der Waals surface area contributed by atoms with Gasteiger partial charge in [-0.05, 0) is 36.8 Å². The molecule has 0 unspecified atom stereocenters. The van der Waals surface area contributed by atoms with Crippen LogP contribution in [-0.4, -0.2) is 24.2 Å². The Balaban J connectivity index is 1.80. The van der Waals surface area contributed by atoms with Crippen molar-refractivity contribution in [3.05, 3.63) is 58.6 Å². The fraction of sp³-hybridized carbons (Fsp3) is 0.188. The maximum atomic E-state index is 11.2. The summed E-state index contributed by atoms with van der Waals surface area (Å²) >= 11 is 3.27. The van der Waals surface area contributed by atoms with Gasteiger partial charge < -0.3 is 15.2 Å². The molecule has 21 heavy (non-hydrogen) atoms. The highest BCUT2D eigenvalue weighted by molar-refractivity contribution is 9.10. The van der Waals surface area contributed by atoms with Gasteiger partial charge in [-0.25, -0.2) is 4.79 Å². The third-order valence-electron chi connectivity index (χ3n) is 2.86. The smallest absolute Gasteiger partial charge is 0.337 e. The molecule has 0 aliphatic heterocycles. The fourth-order valence-corrected chi connectivity index (χ4v) is 2.21. The minimum Gasteiger partial charge on any atom is -0.494 e. The standard InChI is InChI=1S/C16H16BrNO3/c17-12-7-8-15(14(11-12)16(19)20)18-9-4-10-21-13-5-2-1-3-6-13/h1-3,5-8,11,18H,4,9-10H2,(H,19,20). The van der Waals surface area contributed by atoms with E-state index in [0.717, 1.165) is 16.6 Å². The Bertz CT molecular complexity index is 602. The summed E-state index contributed by atoms with van der Waals surface area (Å²) in [6, 6.07) is 14.8. The van der Waals surface area contributed by atoms with Crippen molar-refractivity contribution in [2.75, 3.05) is 18.5 Å². The van der Waals surface area contributed by atoms with Crippen molar-refractivity contribution >= 4 is 27.6 Å². The summed E-state index contributed by atoms with van der Waals surface area (Å²) in [4.78, 5) is 11.2. The summed E-state index contributed by atoms with van der Waals surface area (Å²) in [6.45, 7) is 1.23. The lowest BCUT2D eigenvalue weighted by Crippen LogP contribution is -2.10. The zero-order valence-electron chi connectivity index (χ0n) is 11.4. The van der Waals surface area contributed by atoms with Gasteiger partial charge in [0.2, 0.25) is 0 Å². The van der Waals surface area contributed by atoms with E-state index in [0.29, 0.717) is 18.8 Å². The molecule has 4 nitrogen and oxygen atoms in total. The van der Waals surface area contributed by atoms with Crippen LogP contribution in [-0.2, 0) is 0 Å². The molecule has 0 aliphatic carbocycles. The van der Waals surface area contributed by atoms with E-state index in [4.69, 9.17) is 9.84 Å². The third-order valence-corrected chi connectivity index (χ3v) is 3.35. The summed E-state index contributed by atoms with van der Waals surface area (Å²) in [7, 11) is 0. The van der Waals surface area contributed by atoms with E-state index >= 15 is 0 Å². The summed E-state index contributed by atoms with van der Waals surface area (Å²) in [5.74, 6) is -0.105. The molecular weight excluding hydrogens is 334 g/mol. The summed E-state index contributed by atoms with van der Waals surface area (Å²) in [5, 5.41) is 12.3. The average molecular weight is 350 g/mol. The maximum absolute atomic E-state index is 11.2. The third kappa shape index (κ3) is 4.79. The van der Waals surface area contributed by atoms with Crippen molar-refractivity contribution in [1.82, 2.24) is 0 Å². The molecule has 0 amide bonds. The number of hydrogen-bond donors (Lipinski definition) is 2. The van der Waals surface area contributed by atoms with Crippen LogP contribution in [0.5, 0.6) is 5.75 Å². The summed E-state index contributed by atoms with van der Waals surface area (Å²) < 4.78 is 6.32. The van der Waals surface area contributed by atoms with Crippen LogP contribution in [0.3, 0.4) is 0 Å². The Kier molecular flexibility index (Phi) is 5.63. The highest BCUT2D eigenvalue weighted by Crippen LogP contribution is 2.21. The highest BCUT2D eigenvalue weighted by atomic mass is 79.9. The minimum atomic E-state index is -0.945. The Morgan fingerprint density at radius 3 is 2.67 bits per heavy atom. The van der Waals surface area contributed by atoms with Gasteiger partial charge in [-0.15, -0.1) is 0 Å². The summed E-state index contributed by atoms with van der Waals surface area (Å²) in [6.07, 6.45) is 0.782. The molecule has 0 radical (unpaired) electrons.